The minimum atomic E-state index is 0. The van der Waals surface area contributed by atoms with Gasteiger partial charge in [-0.3, -0.25) is 0 Å². The van der Waals surface area contributed by atoms with Gasteiger partial charge in [-0.1, -0.05) is 0 Å². The molecule has 0 aliphatic heterocycles. The van der Waals surface area contributed by atoms with Crippen molar-refractivity contribution >= 4 is 68.5 Å². The summed E-state index contributed by atoms with van der Waals surface area (Å²) in [6.07, 6.45) is 0. The zero-order valence-electron chi connectivity index (χ0n) is 10.4. The van der Waals surface area contributed by atoms with Gasteiger partial charge in [-0.15, -0.1) is 0 Å². The molecule has 80 valence electrons. The van der Waals surface area contributed by atoms with Crippen LogP contribution in [0.25, 0.3) is 0 Å². The molecular weight excluding hydrogens is 336 g/mol. The molecular formula is H20MgO8SrTi2. The van der Waals surface area contributed by atoms with Crippen molar-refractivity contribution < 1.29 is 93.0 Å². The van der Waals surface area contributed by atoms with E-state index in [4.69, 9.17) is 0 Å². The Kier molecular flexibility index (Phi) is 5330. The first kappa shape index (κ1) is 281. The molecule has 0 heterocycles. The van der Waals surface area contributed by atoms with Gasteiger partial charge in [0.1, 0.15) is 0 Å². The summed E-state index contributed by atoms with van der Waals surface area (Å²) in [6, 6.07) is 0. The first-order valence-electron chi connectivity index (χ1n) is 0. The summed E-state index contributed by atoms with van der Waals surface area (Å²) in [4.78, 5) is 0. The predicted octanol–water partition coefficient (Wildman–Crippen LogP) is -6.91. The normalized spacial score (nSPS) is 0. The van der Waals surface area contributed by atoms with Crippen LogP contribution in [0.15, 0.2) is 0 Å². The third kappa shape index (κ3) is 181. The Balaban J connectivity index is 0. The topological polar surface area (TPSA) is 252 Å². The molecule has 0 fully saturated rings. The van der Waals surface area contributed by atoms with Crippen LogP contribution in [0, 0.1) is 0 Å². The summed E-state index contributed by atoms with van der Waals surface area (Å²) in [5.41, 5.74) is 0. The largest absolute Gasteiger partial charge is 2.00 e. The van der Waals surface area contributed by atoms with Crippen molar-refractivity contribution in [3.63, 3.8) is 0 Å². The van der Waals surface area contributed by atoms with Crippen LogP contribution in [0.2, 0.25) is 0 Å². The van der Waals surface area contributed by atoms with Crippen LogP contribution in [0.4, 0.5) is 0 Å². The van der Waals surface area contributed by atoms with Crippen molar-refractivity contribution in [3.8, 4) is 0 Å². The molecule has 0 aliphatic carbocycles. The Morgan fingerprint density at radius 3 is 0.417 bits per heavy atom. The van der Waals surface area contributed by atoms with Gasteiger partial charge in [0, 0.05) is 43.4 Å². The smallest absolute Gasteiger partial charge is 1.00 e. The number of hydrogen-bond acceptors (Lipinski definition) is 0. The monoisotopic (exact) mass is 356 g/mol. The molecule has 0 aliphatic rings. The van der Waals surface area contributed by atoms with Gasteiger partial charge in [0.25, 0.3) is 0 Å². The Hall–Kier alpha value is 3.36. The van der Waals surface area contributed by atoms with Crippen LogP contribution < -0.4 is 0 Å². The molecule has 0 atom stereocenters. The maximum absolute atomic E-state index is 0. The quantitative estimate of drug-likeness (QED) is 0.367. The van der Waals surface area contributed by atoms with E-state index < -0.39 is 0 Å². The van der Waals surface area contributed by atoms with Crippen molar-refractivity contribution in [2.24, 2.45) is 0 Å². The van der Waals surface area contributed by atoms with Crippen molar-refractivity contribution in [2.45, 2.75) is 0 Å². The van der Waals surface area contributed by atoms with Crippen molar-refractivity contribution in [2.75, 3.05) is 0 Å². The Morgan fingerprint density at radius 1 is 0.417 bits per heavy atom. The molecule has 0 aromatic rings. The van der Waals surface area contributed by atoms with Gasteiger partial charge in [0.15, 0.2) is 0 Å². The minimum absolute atomic E-state index is 0. The molecule has 16 N–H and O–H groups in total. The third-order valence-electron chi connectivity index (χ3n) is 0. The molecule has 0 amide bonds. The third-order valence-corrected chi connectivity index (χ3v) is 0. The van der Waals surface area contributed by atoms with Crippen LogP contribution >= 0.6 is 0 Å². The molecule has 0 rings (SSSR count). The summed E-state index contributed by atoms with van der Waals surface area (Å²) >= 11 is 0. The van der Waals surface area contributed by atoms with Gasteiger partial charge in [-0.05, 0) is 0 Å². The maximum Gasteiger partial charge on any atom is 2.00 e. The van der Waals surface area contributed by atoms with E-state index >= 15 is 0 Å². The van der Waals surface area contributed by atoms with Crippen LogP contribution in [-0.4, -0.2) is 112 Å². The maximum atomic E-state index is 0. The van der Waals surface area contributed by atoms with Gasteiger partial charge in [-0.2, -0.15) is 0 Å². The van der Waals surface area contributed by atoms with Crippen molar-refractivity contribution in [1.82, 2.24) is 0 Å². The molecule has 0 unspecified atom stereocenters. The van der Waals surface area contributed by atoms with E-state index in [2.05, 4.69) is 0 Å². The first-order chi connectivity index (χ1) is 0. The Bertz CT molecular complexity index is 30.0. The predicted molar refractivity (Wildman–Crippen MR) is 44.9 cm³/mol. The van der Waals surface area contributed by atoms with E-state index in [-0.39, 0.29) is 161 Å². The van der Waals surface area contributed by atoms with Gasteiger partial charge < -0.3 is 49.5 Å². The molecule has 12 heteroatoms. The van der Waals surface area contributed by atoms with Crippen LogP contribution in [0.5, 0.6) is 0 Å². The first-order valence-corrected chi connectivity index (χ1v) is 0. The molecule has 0 bridgehead atoms. The molecule has 0 saturated carbocycles. The molecule has 0 spiro atoms. The van der Waals surface area contributed by atoms with Crippen molar-refractivity contribution in [1.29, 1.82) is 0 Å². The van der Waals surface area contributed by atoms with Crippen LogP contribution in [-0.2, 0) is 43.4 Å². The standard InChI is InChI=1S/Mg.8H2O.Sr.2Ti.4H/h;8*1H2;;;;;;;/q+2;;;;;;;;;+2;;;4*-1. The van der Waals surface area contributed by atoms with E-state index in [0.717, 1.165) is 0 Å². The van der Waals surface area contributed by atoms with Crippen LogP contribution in [0.3, 0.4) is 0 Å². The fourth-order valence-electron chi connectivity index (χ4n) is 0. The van der Waals surface area contributed by atoms with Gasteiger partial charge in [0.2, 0.25) is 0 Å². The van der Waals surface area contributed by atoms with Crippen molar-refractivity contribution in [3.05, 3.63) is 0 Å². The zero-order valence-corrected chi connectivity index (χ0v) is 14.4. The summed E-state index contributed by atoms with van der Waals surface area (Å²) < 4.78 is 0. The van der Waals surface area contributed by atoms with Gasteiger partial charge in [-0.25, -0.2) is 0 Å². The summed E-state index contributed by atoms with van der Waals surface area (Å²) in [5.74, 6) is 0. The zero-order chi connectivity index (χ0) is 0. The van der Waals surface area contributed by atoms with Crippen LogP contribution in [0.1, 0.15) is 5.71 Å². The Labute approximate surface area is 159 Å². The fourth-order valence-corrected chi connectivity index (χ4v) is 0. The molecule has 12 heavy (non-hydrogen) atoms. The average Bonchev–Trinajstić information content (AvgIpc) is 0. The molecule has 8 nitrogen and oxygen atoms in total. The number of hydrogen-bond donors (Lipinski definition) is 0. The summed E-state index contributed by atoms with van der Waals surface area (Å²) in [5, 5.41) is 0. The Morgan fingerprint density at radius 2 is 0.417 bits per heavy atom. The molecule has 0 aromatic heterocycles. The summed E-state index contributed by atoms with van der Waals surface area (Å²) in [6.45, 7) is 0. The second-order valence-electron chi connectivity index (χ2n) is 0. The molecule has 0 saturated heterocycles. The van der Waals surface area contributed by atoms with E-state index in [1.807, 2.05) is 0 Å². The van der Waals surface area contributed by atoms with Gasteiger partial charge in [0.05, 0.1) is 0 Å². The SMILES string of the molecule is O.O.O.O.O.O.O.O.[H-].[H-].[H-].[H-].[Mg+2].[Sr+2].[Ti].[Ti]. The summed E-state index contributed by atoms with van der Waals surface area (Å²) in [7, 11) is 0. The fraction of sp³-hybridized carbons (Fsp3) is 0. The van der Waals surface area contributed by atoms with E-state index in [0.29, 0.717) is 0 Å². The second kappa shape index (κ2) is 227. The van der Waals surface area contributed by atoms with E-state index in [1.165, 1.54) is 0 Å². The van der Waals surface area contributed by atoms with E-state index in [9.17, 15) is 0 Å². The minimum Gasteiger partial charge on any atom is -1.00 e. The van der Waals surface area contributed by atoms with E-state index in [1.54, 1.807) is 0 Å². The molecule has 0 radical (unpaired) electrons. The average molecular weight is 356 g/mol. The second-order valence-corrected chi connectivity index (χ2v) is 0. The van der Waals surface area contributed by atoms with Gasteiger partial charge >= 0.3 is 68.5 Å². The molecule has 0 aromatic carbocycles. The number of rotatable bonds is 0.